The van der Waals surface area contributed by atoms with E-state index in [2.05, 4.69) is 40.9 Å². The Hall–Kier alpha value is -8.93. The Labute approximate surface area is 476 Å². The minimum atomic E-state index is -5.17. The van der Waals surface area contributed by atoms with E-state index in [1.807, 2.05) is 0 Å². The fourth-order valence-electron chi connectivity index (χ4n) is 7.09. The highest BCUT2D eigenvalue weighted by atomic mass is 35.5. The van der Waals surface area contributed by atoms with Gasteiger partial charge in [-0.2, -0.15) is 43.9 Å². The van der Waals surface area contributed by atoms with Gasteiger partial charge in [-0.1, -0.05) is 47.5 Å². The van der Waals surface area contributed by atoms with E-state index in [4.69, 9.17) is 58.9 Å². The van der Waals surface area contributed by atoms with Crippen LogP contribution in [0.5, 0.6) is 23.0 Å². The molecule has 9 N–H and O–H groups in total. The molecule has 83 heavy (non-hydrogen) atoms. The second-order valence-corrected chi connectivity index (χ2v) is 22.9. The average Bonchev–Trinajstić information content (AvgIpc) is 2.72. The van der Waals surface area contributed by atoms with Crippen molar-refractivity contribution in [1.29, 1.82) is 0 Å². The molecule has 0 amide bonds. The van der Waals surface area contributed by atoms with Crippen LogP contribution < -0.4 is 10.5 Å². The van der Waals surface area contributed by atoms with E-state index < -0.39 is 133 Å². The minimum absolute atomic E-state index is 0.0392. The zero-order valence-corrected chi connectivity index (χ0v) is 46.3. The first-order valence-corrected chi connectivity index (χ1v) is 29.6. The number of anilines is 1. The number of fused-ring (bicyclic) bond motifs is 3. The van der Waals surface area contributed by atoms with Gasteiger partial charge in [-0.15, -0.1) is 55.9 Å². The van der Waals surface area contributed by atoms with Crippen molar-refractivity contribution in [3.8, 4) is 23.0 Å². The average molecular weight is 1300 g/mol. The van der Waals surface area contributed by atoms with Crippen molar-refractivity contribution < 1.29 is 102 Å². The second-order valence-electron chi connectivity index (χ2n) is 15.7. The molecule has 0 saturated heterocycles. The standard InChI is InChI=1S/C43H27Cl2N9O17S4.2O3S/c44-22-13-28(45)38(35(14-22)75(68,69)70)52-51-30-8-3-19-1-5-23(15-26(19)41(30)56)47-50-31-9-4-21-12-33(73(62,63)64)39(37(46)36(21)43(31)58)53-48-24-6-2-20-11-34(74(65,66)67)40(42(57)27(20)16-24)54-49-29-10-7-25(72(59,60)61)17-32(29)71-18-55;2*1-4(2)3/h1-18,56-58H,46H2,(H,59,60,61)(H,62,63,64)(H,65,66,67)(H,68,69,70);;. The highest BCUT2D eigenvalue weighted by Gasteiger charge is 2.26. The van der Waals surface area contributed by atoms with Gasteiger partial charge in [0.15, 0.2) is 23.0 Å². The molecular formula is C43H27Cl2N9O23S6. The van der Waals surface area contributed by atoms with E-state index in [1.165, 1.54) is 48.5 Å². The number of azo groups is 4. The molecule has 0 aliphatic carbocycles. The van der Waals surface area contributed by atoms with Crippen LogP contribution >= 0.6 is 23.2 Å². The number of nitrogen functional groups attached to an aromatic ring is 1. The van der Waals surface area contributed by atoms with Crippen LogP contribution in [0.3, 0.4) is 0 Å². The zero-order valence-electron chi connectivity index (χ0n) is 39.9. The van der Waals surface area contributed by atoms with Crippen LogP contribution in [0.2, 0.25) is 10.0 Å². The Bertz CT molecular complexity index is 4870. The molecule has 0 heterocycles. The number of aromatic hydroxyl groups is 3. The van der Waals surface area contributed by atoms with Crippen LogP contribution in [-0.2, 0) is 66.5 Å². The van der Waals surface area contributed by atoms with E-state index in [0.717, 1.165) is 42.5 Å². The molecule has 0 radical (unpaired) electrons. The third kappa shape index (κ3) is 15.3. The lowest BCUT2D eigenvalue weighted by Crippen LogP contribution is -2.01. The Kier molecular flexibility index (Phi) is 19.1. The van der Waals surface area contributed by atoms with Gasteiger partial charge in [0.1, 0.15) is 48.8 Å². The number of hydrogen-bond acceptors (Lipinski definition) is 28. The summed E-state index contributed by atoms with van der Waals surface area (Å²) in [6.07, 6.45) is 0. The normalized spacial score (nSPS) is 12.2. The number of benzene rings is 8. The summed E-state index contributed by atoms with van der Waals surface area (Å²) in [5.41, 5.74) is 2.90. The van der Waals surface area contributed by atoms with Crippen LogP contribution in [0.25, 0.3) is 32.3 Å². The molecule has 8 aromatic carbocycles. The number of nitrogens with two attached hydrogens (primary N) is 1. The van der Waals surface area contributed by atoms with E-state index in [0.29, 0.717) is 11.5 Å². The molecule has 8 rings (SSSR count). The van der Waals surface area contributed by atoms with Crippen molar-refractivity contribution >= 4 is 175 Å². The van der Waals surface area contributed by atoms with E-state index in [1.54, 1.807) is 6.07 Å². The van der Waals surface area contributed by atoms with Gasteiger partial charge in [0, 0.05) is 21.9 Å². The van der Waals surface area contributed by atoms with Crippen LogP contribution in [0, 0.1) is 0 Å². The van der Waals surface area contributed by atoms with Gasteiger partial charge < -0.3 is 25.8 Å². The Morgan fingerprint density at radius 1 is 0.458 bits per heavy atom. The Balaban J connectivity index is 0.00000130. The van der Waals surface area contributed by atoms with Crippen LogP contribution in [-0.4, -0.2) is 98.9 Å². The molecule has 0 aliphatic heterocycles. The first kappa shape index (κ1) is 63.3. The van der Waals surface area contributed by atoms with E-state index >= 15 is 0 Å². The van der Waals surface area contributed by atoms with Gasteiger partial charge in [-0.05, 0) is 89.0 Å². The fraction of sp³-hybridized carbons (Fsp3) is 0. The number of carbonyl (C=O) groups is 1. The second kappa shape index (κ2) is 25.1. The molecule has 0 saturated carbocycles. The predicted octanol–water partition coefficient (Wildman–Crippen LogP) is 9.33. The van der Waals surface area contributed by atoms with Gasteiger partial charge in [-0.25, -0.2) is 0 Å². The first-order chi connectivity index (χ1) is 38.6. The smallest absolute Gasteiger partial charge is 0.425 e. The molecule has 0 unspecified atom stereocenters. The van der Waals surface area contributed by atoms with Crippen molar-refractivity contribution in [2.45, 2.75) is 19.6 Å². The summed E-state index contributed by atoms with van der Waals surface area (Å²) in [5.74, 6) is -2.64. The van der Waals surface area contributed by atoms with Crippen molar-refractivity contribution in [2.75, 3.05) is 5.73 Å². The van der Waals surface area contributed by atoms with Crippen molar-refractivity contribution in [1.82, 2.24) is 0 Å². The molecule has 0 bridgehead atoms. The van der Waals surface area contributed by atoms with Crippen molar-refractivity contribution in [2.24, 2.45) is 40.9 Å². The van der Waals surface area contributed by atoms with Crippen LogP contribution in [0.1, 0.15) is 0 Å². The maximum absolute atomic E-state index is 12.7. The lowest BCUT2D eigenvalue weighted by atomic mass is 10.1. The van der Waals surface area contributed by atoms with Crippen molar-refractivity contribution in [3.63, 3.8) is 0 Å². The third-order valence-electron chi connectivity index (χ3n) is 10.5. The topological polar surface area (TPSA) is 532 Å². The summed E-state index contributed by atoms with van der Waals surface area (Å²) in [4.78, 5) is 7.80. The maximum atomic E-state index is 12.7. The van der Waals surface area contributed by atoms with Crippen LogP contribution in [0.15, 0.2) is 164 Å². The Morgan fingerprint density at radius 3 is 1.46 bits per heavy atom. The summed E-state index contributed by atoms with van der Waals surface area (Å²) in [6, 6.07) is 19.6. The van der Waals surface area contributed by atoms with Gasteiger partial charge >= 0.3 is 21.2 Å². The largest absolute Gasteiger partial charge is 0.505 e. The summed E-state index contributed by atoms with van der Waals surface area (Å²) in [7, 11) is -26.2. The number of nitrogens with zero attached hydrogens (tertiary/aromatic N) is 8. The minimum Gasteiger partial charge on any atom is -0.505 e. The number of halogens is 2. The third-order valence-corrected chi connectivity index (χ3v) is 14.5. The van der Waals surface area contributed by atoms with E-state index in [9.17, 15) is 72.0 Å². The number of hydrogen-bond donors (Lipinski definition) is 8. The zero-order chi connectivity index (χ0) is 61.7. The number of phenolic OH excluding ortho intramolecular Hbond substituents is 3. The molecule has 8 aromatic rings. The molecule has 0 aliphatic rings. The summed E-state index contributed by atoms with van der Waals surface area (Å²) in [6.45, 7) is -0.121. The molecule has 0 aromatic heterocycles. The SMILES string of the molecule is Nc1c(N=Nc2ccc3cc(S(=O)(=O)O)c(N=Nc4ccc(S(=O)(=O)O)cc4OC=O)c(O)c3c2)c(S(=O)(=O)O)cc2ccc(N=Nc3ccc4ccc(N=Nc5c(Cl)cc(Cl)cc5S(=O)(=O)O)c(O)c4c3)c(O)c12.O=S(=O)=O.O=S(=O)=O. The van der Waals surface area contributed by atoms with Crippen molar-refractivity contribution in [3.05, 3.63) is 113 Å². The van der Waals surface area contributed by atoms with E-state index in [-0.39, 0.29) is 66.2 Å². The quantitative estimate of drug-likeness (QED) is 0.0217. The van der Waals surface area contributed by atoms with Gasteiger partial charge in [0.2, 0.25) is 0 Å². The summed E-state index contributed by atoms with van der Waals surface area (Å²) < 4.78 is 192. The lowest BCUT2D eigenvalue weighted by Gasteiger charge is -2.12. The van der Waals surface area contributed by atoms with Gasteiger partial charge in [0.05, 0.1) is 32.4 Å². The summed E-state index contributed by atoms with van der Waals surface area (Å²) in [5, 5.41) is 65.0. The monoisotopic (exact) mass is 1300 g/mol. The lowest BCUT2D eigenvalue weighted by molar-refractivity contribution is -0.120. The molecule has 0 fully saturated rings. The highest BCUT2D eigenvalue weighted by molar-refractivity contribution is 7.86. The Morgan fingerprint density at radius 2 is 0.892 bits per heavy atom. The molecule has 0 spiro atoms. The van der Waals surface area contributed by atoms with Gasteiger partial charge in [-0.3, -0.25) is 23.0 Å². The molecule has 0 atom stereocenters. The summed E-state index contributed by atoms with van der Waals surface area (Å²) >= 11 is 12.0. The number of rotatable bonds is 14. The highest BCUT2D eigenvalue weighted by Crippen LogP contribution is 2.48. The first-order valence-electron chi connectivity index (χ1n) is 21.1. The maximum Gasteiger partial charge on any atom is 0.425 e. The molecule has 40 heteroatoms. The number of phenols is 3. The molecular weight excluding hydrogens is 1270 g/mol. The fourth-order valence-corrected chi connectivity index (χ4v) is 10.2. The molecule has 32 nitrogen and oxygen atoms in total. The van der Waals surface area contributed by atoms with Gasteiger partial charge in [0.25, 0.3) is 46.9 Å². The number of carbonyl (C=O) groups excluding carboxylic acids is 1. The number of ether oxygens (including phenoxy) is 1. The predicted molar refractivity (Wildman–Crippen MR) is 286 cm³/mol. The molecule has 432 valence electrons. The van der Waals surface area contributed by atoms with Crippen LogP contribution in [0.4, 0.5) is 51.2 Å².